The predicted molar refractivity (Wildman–Crippen MR) is 102 cm³/mol. The van der Waals surface area contributed by atoms with E-state index < -0.39 is 27.7 Å². The van der Waals surface area contributed by atoms with E-state index in [1.54, 1.807) is 0 Å². The fourth-order valence-electron chi connectivity index (χ4n) is 3.04. The van der Waals surface area contributed by atoms with Crippen LogP contribution in [0.3, 0.4) is 0 Å². The van der Waals surface area contributed by atoms with Crippen LogP contribution in [0.5, 0.6) is 0 Å². The number of fused-ring (bicyclic) bond motifs is 1. The van der Waals surface area contributed by atoms with Crippen LogP contribution in [0, 0.1) is 0 Å². The number of carbonyl (C=O) groups is 1. The molecule has 3 rings (SSSR count). The van der Waals surface area contributed by atoms with Crippen molar-refractivity contribution in [3.8, 4) is 0 Å². The van der Waals surface area contributed by atoms with Crippen molar-refractivity contribution in [2.45, 2.75) is 30.3 Å². The zero-order chi connectivity index (χ0) is 21.4. The summed E-state index contributed by atoms with van der Waals surface area (Å²) in [7, 11) is -4.17. The third-order valence-electron chi connectivity index (χ3n) is 4.31. The molecule has 0 saturated heterocycles. The molecule has 0 aliphatic rings. The lowest BCUT2D eigenvalue weighted by atomic mass is 10.1. The summed E-state index contributed by atoms with van der Waals surface area (Å²) in [6, 6.07) is 9.65. The van der Waals surface area contributed by atoms with Gasteiger partial charge in [-0.15, -0.1) is 0 Å². The lowest BCUT2D eigenvalue weighted by Crippen LogP contribution is -2.16. The number of carboxylic acid groups (broad SMARTS) is 1. The van der Waals surface area contributed by atoms with Gasteiger partial charge in [0.25, 0.3) is 10.0 Å². The fraction of sp³-hybridized carbons (Fsp3) is 0.211. The van der Waals surface area contributed by atoms with Crippen LogP contribution >= 0.6 is 11.6 Å². The molecule has 1 heterocycles. The minimum absolute atomic E-state index is 0.0577. The number of aromatic nitrogens is 1. The maximum Gasteiger partial charge on any atom is 0.416 e. The Morgan fingerprint density at radius 1 is 1.10 bits per heavy atom. The van der Waals surface area contributed by atoms with Crippen molar-refractivity contribution in [2.75, 3.05) is 0 Å². The number of rotatable bonds is 6. The molecule has 0 saturated carbocycles. The Hall–Kier alpha value is -2.52. The monoisotopic (exact) mass is 445 g/mol. The zero-order valence-corrected chi connectivity index (χ0v) is 16.4. The summed E-state index contributed by atoms with van der Waals surface area (Å²) in [5.74, 6) is -1.05. The van der Waals surface area contributed by atoms with Crippen molar-refractivity contribution in [3.05, 3.63) is 64.8 Å². The number of benzene rings is 2. The van der Waals surface area contributed by atoms with Crippen molar-refractivity contribution >= 4 is 38.5 Å². The van der Waals surface area contributed by atoms with Gasteiger partial charge < -0.3 is 5.11 Å². The van der Waals surface area contributed by atoms with E-state index in [0.717, 1.165) is 22.2 Å². The minimum atomic E-state index is -4.58. The quantitative estimate of drug-likeness (QED) is 0.582. The largest absolute Gasteiger partial charge is 0.481 e. The molecule has 0 amide bonds. The van der Waals surface area contributed by atoms with Gasteiger partial charge in [0.05, 0.1) is 16.0 Å². The van der Waals surface area contributed by atoms with Gasteiger partial charge in [-0.1, -0.05) is 17.7 Å². The molecular formula is C19H15ClF3NO4S. The second-order valence-electron chi connectivity index (χ2n) is 6.38. The van der Waals surface area contributed by atoms with Gasteiger partial charge in [-0.3, -0.25) is 4.79 Å². The normalized spacial score (nSPS) is 12.4. The molecule has 10 heteroatoms. The predicted octanol–water partition coefficient (Wildman–Crippen LogP) is 4.96. The van der Waals surface area contributed by atoms with E-state index in [9.17, 15) is 26.4 Å². The summed E-state index contributed by atoms with van der Waals surface area (Å²) in [5.41, 5.74) is -0.636. The van der Waals surface area contributed by atoms with Gasteiger partial charge in [-0.05, 0) is 55.3 Å². The van der Waals surface area contributed by atoms with Crippen LogP contribution in [0.2, 0.25) is 5.02 Å². The highest BCUT2D eigenvalue weighted by Crippen LogP contribution is 2.34. The van der Waals surface area contributed by atoms with Crippen molar-refractivity contribution in [2.24, 2.45) is 0 Å². The summed E-state index contributed by atoms with van der Waals surface area (Å²) >= 11 is 5.90. The lowest BCUT2D eigenvalue weighted by molar-refractivity contribution is -0.138. The molecule has 2 aromatic carbocycles. The molecule has 0 spiro atoms. The number of hydrogen-bond donors (Lipinski definition) is 1. The van der Waals surface area contributed by atoms with E-state index in [2.05, 4.69) is 0 Å². The van der Waals surface area contributed by atoms with Crippen molar-refractivity contribution in [1.82, 2.24) is 3.97 Å². The molecule has 0 aliphatic carbocycles. The van der Waals surface area contributed by atoms with E-state index >= 15 is 0 Å². The van der Waals surface area contributed by atoms with Crippen LogP contribution in [-0.4, -0.2) is 23.5 Å². The SMILES string of the molecule is O=C(O)CCCc1cc2cc(C(F)(F)F)ccc2n1S(=O)(=O)c1cccc(Cl)c1. The Balaban J connectivity index is 2.20. The zero-order valence-electron chi connectivity index (χ0n) is 14.8. The Morgan fingerprint density at radius 2 is 1.83 bits per heavy atom. The third-order valence-corrected chi connectivity index (χ3v) is 6.31. The maximum absolute atomic E-state index is 13.2. The Labute approximate surface area is 169 Å². The molecule has 5 nitrogen and oxygen atoms in total. The van der Waals surface area contributed by atoms with Gasteiger partial charge in [-0.25, -0.2) is 12.4 Å². The molecule has 1 N–H and O–H groups in total. The number of alkyl halides is 3. The maximum atomic E-state index is 13.2. The number of nitrogens with zero attached hydrogens (tertiary/aromatic N) is 1. The van der Waals surface area contributed by atoms with Crippen LogP contribution < -0.4 is 0 Å². The Kier molecular flexibility index (Phi) is 5.64. The number of aryl methyl sites for hydroxylation is 1. The first-order valence-electron chi connectivity index (χ1n) is 8.44. The van der Waals surface area contributed by atoms with E-state index in [0.29, 0.717) is 0 Å². The van der Waals surface area contributed by atoms with E-state index in [4.69, 9.17) is 16.7 Å². The van der Waals surface area contributed by atoms with Crippen LogP contribution in [0.4, 0.5) is 13.2 Å². The van der Waals surface area contributed by atoms with Crippen molar-refractivity contribution < 1.29 is 31.5 Å². The molecule has 0 bridgehead atoms. The molecule has 3 aromatic rings. The van der Waals surface area contributed by atoms with Gasteiger partial charge >= 0.3 is 12.1 Å². The van der Waals surface area contributed by atoms with E-state index in [1.807, 2.05) is 0 Å². The van der Waals surface area contributed by atoms with Gasteiger partial charge in [0.15, 0.2) is 0 Å². The topological polar surface area (TPSA) is 76.4 Å². The highest BCUT2D eigenvalue weighted by molar-refractivity contribution is 7.90. The Morgan fingerprint density at radius 3 is 2.45 bits per heavy atom. The number of hydrogen-bond acceptors (Lipinski definition) is 3. The average molecular weight is 446 g/mol. The smallest absolute Gasteiger partial charge is 0.416 e. The molecule has 0 radical (unpaired) electrons. The summed E-state index contributed by atoms with van der Waals surface area (Å²) in [4.78, 5) is 10.7. The second-order valence-corrected chi connectivity index (χ2v) is 8.60. The summed E-state index contributed by atoms with van der Waals surface area (Å²) in [6.07, 6.45) is -4.59. The molecule has 0 fully saturated rings. The van der Waals surface area contributed by atoms with E-state index in [1.165, 1.54) is 30.3 Å². The van der Waals surface area contributed by atoms with Crippen LogP contribution in [0.25, 0.3) is 10.9 Å². The second kappa shape index (κ2) is 7.72. The summed E-state index contributed by atoms with van der Waals surface area (Å²) in [5, 5.41) is 9.11. The van der Waals surface area contributed by atoms with Gasteiger partial charge in [0, 0.05) is 22.5 Å². The average Bonchev–Trinajstić information content (AvgIpc) is 2.98. The first-order valence-corrected chi connectivity index (χ1v) is 10.3. The first-order chi connectivity index (χ1) is 13.5. The van der Waals surface area contributed by atoms with E-state index in [-0.39, 0.29) is 45.8 Å². The molecule has 154 valence electrons. The lowest BCUT2D eigenvalue weighted by Gasteiger charge is -2.13. The third kappa shape index (κ3) is 4.40. The van der Waals surface area contributed by atoms with Crippen molar-refractivity contribution in [1.29, 1.82) is 0 Å². The molecule has 1 aromatic heterocycles. The standard InChI is InChI=1S/C19H15ClF3NO4S/c20-14-3-1-5-16(11-14)29(27,28)24-15(4-2-6-18(25)26)10-12-9-13(19(21,22)23)7-8-17(12)24/h1,3,5,7-11H,2,4,6H2,(H,25,26). The highest BCUT2D eigenvalue weighted by atomic mass is 35.5. The van der Waals surface area contributed by atoms with Crippen molar-refractivity contribution in [3.63, 3.8) is 0 Å². The van der Waals surface area contributed by atoms with Crippen LogP contribution in [-0.2, 0) is 27.4 Å². The van der Waals surface area contributed by atoms with Gasteiger partial charge in [0.1, 0.15) is 0 Å². The van der Waals surface area contributed by atoms with Crippen LogP contribution in [0.1, 0.15) is 24.1 Å². The molecule has 0 unspecified atom stereocenters. The summed E-state index contributed by atoms with van der Waals surface area (Å²) < 4.78 is 66.6. The highest BCUT2D eigenvalue weighted by Gasteiger charge is 2.31. The molecule has 0 atom stereocenters. The fourth-order valence-corrected chi connectivity index (χ4v) is 4.91. The number of halogens is 4. The summed E-state index contributed by atoms with van der Waals surface area (Å²) in [6.45, 7) is 0. The minimum Gasteiger partial charge on any atom is -0.481 e. The molecule has 0 aliphatic heterocycles. The molecule has 29 heavy (non-hydrogen) atoms. The van der Waals surface area contributed by atoms with Crippen LogP contribution in [0.15, 0.2) is 53.4 Å². The number of aliphatic carboxylic acids is 1. The van der Waals surface area contributed by atoms with Gasteiger partial charge in [0.2, 0.25) is 0 Å². The van der Waals surface area contributed by atoms with Gasteiger partial charge in [-0.2, -0.15) is 13.2 Å². The molecular weight excluding hydrogens is 431 g/mol. The Bertz CT molecular complexity index is 1190. The number of carboxylic acids is 1. The first kappa shape index (κ1) is 21.2.